The number of hydrogen-bond donors (Lipinski definition) is 1. The van der Waals surface area contributed by atoms with Crippen molar-refractivity contribution in [2.75, 3.05) is 25.5 Å². The van der Waals surface area contributed by atoms with Crippen LogP contribution in [0.25, 0.3) is 11.3 Å². The molecule has 0 spiro atoms. The van der Waals surface area contributed by atoms with Crippen LogP contribution in [0, 0.1) is 6.92 Å². The van der Waals surface area contributed by atoms with Gasteiger partial charge in [-0.25, -0.2) is 4.79 Å². The Bertz CT molecular complexity index is 727. The van der Waals surface area contributed by atoms with Gasteiger partial charge in [-0.1, -0.05) is 26.0 Å². The van der Waals surface area contributed by atoms with Gasteiger partial charge < -0.3 is 15.0 Å². The molecule has 0 aliphatic carbocycles. The molecule has 2 amide bonds. The summed E-state index contributed by atoms with van der Waals surface area (Å²) in [4.78, 5) is 27.5. The predicted octanol–water partition coefficient (Wildman–Crippen LogP) is 5.75. The van der Waals surface area contributed by atoms with Gasteiger partial charge in [-0.05, 0) is 56.0 Å². The summed E-state index contributed by atoms with van der Waals surface area (Å²) in [5, 5.41) is 3.01. The minimum atomic E-state index is -0.00414. The van der Waals surface area contributed by atoms with Crippen molar-refractivity contribution in [3.63, 3.8) is 0 Å². The number of benzene rings is 1. The smallest absolute Gasteiger partial charge is 0.321 e. The number of carbonyl (C=O) groups is 2. The summed E-state index contributed by atoms with van der Waals surface area (Å²) in [5.41, 5.74) is 3.95. The van der Waals surface area contributed by atoms with Gasteiger partial charge in [-0.2, -0.15) is 0 Å². The van der Waals surface area contributed by atoms with Crippen LogP contribution >= 0.6 is 24.0 Å². The van der Waals surface area contributed by atoms with Gasteiger partial charge in [-0.3, -0.25) is 9.78 Å². The molecule has 1 aromatic carbocycles. The highest BCUT2D eigenvalue weighted by Gasteiger charge is 2.16. The van der Waals surface area contributed by atoms with E-state index in [1.165, 1.54) is 13.5 Å². The first kappa shape index (κ1) is 26.8. The van der Waals surface area contributed by atoms with Gasteiger partial charge in [0.25, 0.3) is 6.47 Å². The average Bonchev–Trinajstić information content (AvgIpc) is 2.78. The molecule has 0 radical (unpaired) electrons. The van der Waals surface area contributed by atoms with Gasteiger partial charge in [-0.15, -0.1) is 24.0 Å². The molecule has 2 aromatic rings. The molecule has 0 atom stereocenters. The summed E-state index contributed by atoms with van der Waals surface area (Å²) in [6.45, 7) is 8.13. The van der Waals surface area contributed by atoms with E-state index in [4.69, 9.17) is 4.79 Å². The van der Waals surface area contributed by atoms with Gasteiger partial charge in [0.15, 0.2) is 0 Å². The Kier molecular flexibility index (Phi) is 14.6. The first-order valence-corrected chi connectivity index (χ1v) is 9.70. The highest BCUT2D eigenvalue weighted by Crippen LogP contribution is 2.25. The number of urea groups is 1. The number of nitrogens with one attached hydrogen (secondary N) is 1. The number of hydrogen-bond acceptors (Lipinski definition) is 4. The third kappa shape index (κ3) is 9.25. The molecule has 1 aromatic heterocycles. The van der Waals surface area contributed by atoms with Gasteiger partial charge in [0, 0.05) is 32.0 Å². The predicted molar refractivity (Wildman–Crippen MR) is 131 cm³/mol. The number of amides is 2. The maximum absolute atomic E-state index is 12.3. The Morgan fingerprint density at radius 2 is 1.83 bits per heavy atom. The molecule has 3 rings (SSSR count). The lowest BCUT2D eigenvalue weighted by atomic mass is 10.0. The van der Waals surface area contributed by atoms with Crippen molar-refractivity contribution in [1.82, 2.24) is 9.88 Å². The van der Waals surface area contributed by atoms with Crippen LogP contribution in [0.15, 0.2) is 42.6 Å². The fraction of sp³-hybridized carbons (Fsp3) is 0.409. The fourth-order valence-corrected chi connectivity index (χ4v) is 2.80. The number of nitrogens with zero attached hydrogens (tertiary/aromatic N) is 2. The van der Waals surface area contributed by atoms with E-state index in [0.717, 1.165) is 48.4 Å². The molecule has 162 valence electrons. The first-order chi connectivity index (χ1) is 13.7. The van der Waals surface area contributed by atoms with E-state index in [2.05, 4.69) is 22.0 Å². The van der Waals surface area contributed by atoms with Crippen LogP contribution in [0.3, 0.4) is 0 Å². The zero-order valence-corrected chi connectivity index (χ0v) is 20.0. The number of rotatable bonds is 3. The third-order valence-corrected chi connectivity index (χ3v) is 4.17. The number of halogens is 1. The Balaban J connectivity index is 0. The number of aromatic nitrogens is 1. The van der Waals surface area contributed by atoms with Gasteiger partial charge in [0.2, 0.25) is 0 Å². The van der Waals surface area contributed by atoms with E-state index < -0.39 is 0 Å². The minimum Gasteiger partial charge on any atom is -0.471 e. The lowest BCUT2D eigenvalue weighted by molar-refractivity contribution is -0.126. The molecule has 1 N–H and O–H groups in total. The second-order valence-electron chi connectivity index (χ2n) is 6.05. The molecule has 0 bridgehead atoms. The van der Waals surface area contributed by atoms with E-state index in [1.807, 2.05) is 55.1 Å². The fourth-order valence-electron chi connectivity index (χ4n) is 2.80. The number of piperidine rings is 1. The van der Waals surface area contributed by atoms with Gasteiger partial charge >= 0.3 is 6.03 Å². The van der Waals surface area contributed by atoms with Crippen LogP contribution in [-0.4, -0.2) is 42.6 Å². The molecule has 1 fully saturated rings. The lowest BCUT2D eigenvalue weighted by Gasteiger charge is -2.26. The van der Waals surface area contributed by atoms with Crippen molar-refractivity contribution < 1.29 is 15.8 Å². The summed E-state index contributed by atoms with van der Waals surface area (Å²) in [6.07, 6.45) is 5.20. The Hall–Kier alpha value is -2.16. The molecular formula is C22H34IN3O3. The molecule has 29 heavy (non-hydrogen) atoms. The van der Waals surface area contributed by atoms with Gasteiger partial charge in [0.05, 0.1) is 12.8 Å². The van der Waals surface area contributed by atoms with Crippen molar-refractivity contribution in [2.45, 2.75) is 40.0 Å². The standard InChI is InChI=1S/C18H21N3O.C2H4O2.C2H6.HI.H2/c1-14-8-9-15(13-16(14)17-7-3-4-10-19-17)20-18(22)21-11-5-2-6-12-21;1-4-2-3;1-2;;/h3-4,7-10,13H,2,5-6,11-12H2,1H3,(H,20,22);2H,1H3;1-2H3;2*1H. The van der Waals surface area contributed by atoms with Crippen LogP contribution < -0.4 is 5.32 Å². The zero-order chi connectivity index (χ0) is 20.8. The zero-order valence-electron chi connectivity index (χ0n) is 17.7. The SMILES string of the molecule is CC.COC=O.Cc1ccc(NC(=O)N2CCCCC2)cc1-c1ccccn1.I.[HH]. The maximum atomic E-state index is 12.3. The summed E-state index contributed by atoms with van der Waals surface area (Å²) >= 11 is 0. The van der Waals surface area contributed by atoms with E-state index in [0.29, 0.717) is 6.47 Å². The van der Waals surface area contributed by atoms with E-state index >= 15 is 0 Å². The number of carbonyl (C=O) groups excluding carboxylic acids is 2. The topological polar surface area (TPSA) is 71.5 Å². The number of anilines is 1. The van der Waals surface area contributed by atoms with Crippen molar-refractivity contribution in [2.24, 2.45) is 0 Å². The Morgan fingerprint density at radius 1 is 1.17 bits per heavy atom. The van der Waals surface area contributed by atoms with Gasteiger partial charge in [0.1, 0.15) is 0 Å². The summed E-state index contributed by atoms with van der Waals surface area (Å²) < 4.78 is 3.86. The minimum absolute atomic E-state index is 0. The number of likely N-dealkylation sites (tertiary alicyclic amines) is 1. The monoisotopic (exact) mass is 515 g/mol. The molecule has 6 nitrogen and oxygen atoms in total. The highest BCUT2D eigenvalue weighted by atomic mass is 127. The summed E-state index contributed by atoms with van der Waals surface area (Å²) in [6, 6.07) is 11.8. The number of pyridine rings is 1. The molecule has 0 unspecified atom stereocenters. The summed E-state index contributed by atoms with van der Waals surface area (Å²) in [7, 11) is 1.31. The van der Waals surface area contributed by atoms with Crippen LogP contribution in [0.2, 0.25) is 0 Å². The quantitative estimate of drug-likeness (QED) is 0.417. The molecule has 2 heterocycles. The van der Waals surface area contributed by atoms with E-state index in [-0.39, 0.29) is 31.4 Å². The molecule has 1 aliphatic rings. The van der Waals surface area contributed by atoms with Crippen molar-refractivity contribution in [1.29, 1.82) is 0 Å². The molecule has 7 heteroatoms. The number of ether oxygens (including phenoxy) is 1. The normalized spacial score (nSPS) is 12.1. The van der Waals surface area contributed by atoms with Crippen LogP contribution in [-0.2, 0) is 9.53 Å². The van der Waals surface area contributed by atoms with Crippen LogP contribution in [0.4, 0.5) is 10.5 Å². The Labute approximate surface area is 192 Å². The third-order valence-electron chi connectivity index (χ3n) is 4.17. The van der Waals surface area contributed by atoms with E-state index in [9.17, 15) is 4.79 Å². The number of methoxy groups -OCH3 is 1. The first-order valence-electron chi connectivity index (χ1n) is 9.70. The molecule has 1 aliphatic heterocycles. The maximum Gasteiger partial charge on any atom is 0.321 e. The van der Waals surface area contributed by atoms with Crippen molar-refractivity contribution in [3.8, 4) is 11.3 Å². The average molecular weight is 515 g/mol. The highest BCUT2D eigenvalue weighted by molar-refractivity contribution is 14.0. The van der Waals surface area contributed by atoms with Crippen molar-refractivity contribution >= 4 is 42.2 Å². The summed E-state index contributed by atoms with van der Waals surface area (Å²) in [5.74, 6) is 0. The second-order valence-corrected chi connectivity index (χ2v) is 6.05. The Morgan fingerprint density at radius 3 is 2.38 bits per heavy atom. The van der Waals surface area contributed by atoms with E-state index in [1.54, 1.807) is 6.20 Å². The second kappa shape index (κ2) is 15.7. The molecule has 0 saturated carbocycles. The molecule has 1 saturated heterocycles. The lowest BCUT2D eigenvalue weighted by Crippen LogP contribution is -2.38. The van der Waals surface area contributed by atoms with Crippen LogP contribution in [0.1, 0.15) is 40.1 Å². The number of aryl methyl sites for hydroxylation is 1. The molecular weight excluding hydrogens is 481 g/mol. The largest absolute Gasteiger partial charge is 0.471 e. The van der Waals surface area contributed by atoms with Crippen LogP contribution in [0.5, 0.6) is 0 Å². The van der Waals surface area contributed by atoms with Crippen molar-refractivity contribution in [3.05, 3.63) is 48.2 Å².